The van der Waals surface area contributed by atoms with Gasteiger partial charge in [-0.1, -0.05) is 76.4 Å². The van der Waals surface area contributed by atoms with Gasteiger partial charge in [0, 0.05) is 13.1 Å². The Morgan fingerprint density at radius 3 is 2.44 bits per heavy atom. The third-order valence-corrected chi connectivity index (χ3v) is 7.45. The van der Waals surface area contributed by atoms with Gasteiger partial charge in [0.1, 0.15) is 10.8 Å². The average Bonchev–Trinajstić information content (AvgIpc) is 3.46. The predicted molar refractivity (Wildman–Crippen MR) is 125 cm³/mol. The second-order valence-corrected chi connectivity index (χ2v) is 10.1. The van der Waals surface area contributed by atoms with E-state index in [-0.39, 0.29) is 11.7 Å². The van der Waals surface area contributed by atoms with E-state index in [1.54, 1.807) is 12.1 Å². The summed E-state index contributed by atoms with van der Waals surface area (Å²) < 4.78 is 13.8. The standard InChI is InChI=1S/C21H19FN6OS3/c1-13-2-4-14(5-3-13)10-23-18(29)19-26-25-17(31-19)12-30-21-28-27-20(32-21)24-11-15-6-8-16(22)9-7-15/h2-9H,10-12H2,1H3,(H,23,29)(H,24,27). The van der Waals surface area contributed by atoms with E-state index >= 15 is 0 Å². The Morgan fingerprint density at radius 2 is 1.66 bits per heavy atom. The molecule has 2 N–H and O–H groups in total. The van der Waals surface area contributed by atoms with Gasteiger partial charge in [0.2, 0.25) is 10.1 Å². The van der Waals surface area contributed by atoms with E-state index in [2.05, 4.69) is 31.0 Å². The maximum absolute atomic E-state index is 13.0. The van der Waals surface area contributed by atoms with Crippen molar-refractivity contribution < 1.29 is 9.18 Å². The lowest BCUT2D eigenvalue weighted by molar-refractivity contribution is 0.0950. The van der Waals surface area contributed by atoms with Gasteiger partial charge in [-0.3, -0.25) is 4.79 Å². The number of amides is 1. The molecule has 0 saturated carbocycles. The van der Waals surface area contributed by atoms with Gasteiger partial charge < -0.3 is 10.6 Å². The Labute approximate surface area is 196 Å². The first-order valence-electron chi connectivity index (χ1n) is 9.66. The normalized spacial score (nSPS) is 10.8. The highest BCUT2D eigenvalue weighted by Gasteiger charge is 2.14. The number of benzene rings is 2. The molecule has 0 aliphatic rings. The largest absolute Gasteiger partial charge is 0.356 e. The molecule has 0 atom stereocenters. The molecule has 0 aliphatic heterocycles. The number of aromatic nitrogens is 4. The van der Waals surface area contributed by atoms with Crippen molar-refractivity contribution in [1.82, 2.24) is 25.7 Å². The maximum atomic E-state index is 13.0. The number of nitrogens with one attached hydrogen (secondary N) is 2. The van der Waals surface area contributed by atoms with E-state index in [1.165, 1.54) is 52.1 Å². The van der Waals surface area contributed by atoms with Crippen molar-refractivity contribution in [2.45, 2.75) is 30.1 Å². The quantitative estimate of drug-likeness (QED) is 0.332. The lowest BCUT2D eigenvalue weighted by Gasteiger charge is -2.03. The lowest BCUT2D eigenvalue weighted by atomic mass is 10.1. The summed E-state index contributed by atoms with van der Waals surface area (Å²) in [6, 6.07) is 14.3. The summed E-state index contributed by atoms with van der Waals surface area (Å²) in [4.78, 5) is 12.3. The van der Waals surface area contributed by atoms with Gasteiger partial charge in [0.05, 0.1) is 5.75 Å². The topological polar surface area (TPSA) is 92.7 Å². The van der Waals surface area contributed by atoms with Crippen LogP contribution in [0.4, 0.5) is 9.52 Å². The van der Waals surface area contributed by atoms with Crippen LogP contribution < -0.4 is 10.6 Å². The first-order valence-corrected chi connectivity index (χ1v) is 12.3. The van der Waals surface area contributed by atoms with Crippen LogP contribution in [-0.2, 0) is 18.8 Å². The number of anilines is 1. The smallest absolute Gasteiger partial charge is 0.282 e. The van der Waals surface area contributed by atoms with E-state index in [0.29, 0.717) is 29.0 Å². The van der Waals surface area contributed by atoms with Crippen LogP contribution in [0.2, 0.25) is 0 Å². The monoisotopic (exact) mass is 486 g/mol. The Balaban J connectivity index is 1.23. The Hall–Kier alpha value is -2.89. The Kier molecular flexibility index (Phi) is 7.40. The molecule has 32 heavy (non-hydrogen) atoms. The molecule has 4 aromatic rings. The zero-order chi connectivity index (χ0) is 22.3. The van der Waals surface area contributed by atoms with E-state index in [9.17, 15) is 9.18 Å². The summed E-state index contributed by atoms with van der Waals surface area (Å²) in [6.45, 7) is 3.01. The minimum absolute atomic E-state index is 0.234. The maximum Gasteiger partial charge on any atom is 0.282 e. The highest BCUT2D eigenvalue weighted by Crippen LogP contribution is 2.29. The molecule has 4 rings (SSSR count). The number of hydrogen-bond acceptors (Lipinski definition) is 9. The van der Waals surface area contributed by atoms with E-state index in [1.807, 2.05) is 31.2 Å². The van der Waals surface area contributed by atoms with Gasteiger partial charge >= 0.3 is 0 Å². The zero-order valence-electron chi connectivity index (χ0n) is 17.0. The van der Waals surface area contributed by atoms with Crippen molar-refractivity contribution in [2.75, 3.05) is 5.32 Å². The molecular weight excluding hydrogens is 467 g/mol. The van der Waals surface area contributed by atoms with E-state index < -0.39 is 0 Å². The summed E-state index contributed by atoms with van der Waals surface area (Å²) in [5.74, 6) is 0.0598. The number of rotatable bonds is 9. The number of thioether (sulfide) groups is 1. The number of halogens is 1. The van der Waals surface area contributed by atoms with Crippen molar-refractivity contribution >= 4 is 45.5 Å². The van der Waals surface area contributed by atoms with Gasteiger partial charge in [0.15, 0.2) is 4.34 Å². The van der Waals surface area contributed by atoms with Crippen LogP contribution in [0.3, 0.4) is 0 Å². The molecule has 0 spiro atoms. The third kappa shape index (κ3) is 6.31. The molecule has 0 aliphatic carbocycles. The van der Waals surface area contributed by atoms with Crippen molar-refractivity contribution in [2.24, 2.45) is 0 Å². The van der Waals surface area contributed by atoms with Crippen LogP contribution in [-0.4, -0.2) is 26.3 Å². The van der Waals surface area contributed by atoms with Gasteiger partial charge in [0.25, 0.3) is 5.91 Å². The molecule has 7 nitrogen and oxygen atoms in total. The van der Waals surface area contributed by atoms with E-state index in [4.69, 9.17) is 0 Å². The molecule has 0 fully saturated rings. The first-order chi connectivity index (χ1) is 15.5. The lowest BCUT2D eigenvalue weighted by Crippen LogP contribution is -2.22. The highest BCUT2D eigenvalue weighted by atomic mass is 32.2. The number of carbonyl (C=O) groups is 1. The predicted octanol–water partition coefficient (Wildman–Crippen LogP) is 4.67. The Bertz CT molecular complexity index is 1180. The molecule has 0 saturated heterocycles. The molecule has 164 valence electrons. The number of nitrogens with zero attached hydrogens (tertiary/aromatic N) is 4. The molecule has 2 aromatic carbocycles. The minimum atomic E-state index is -0.257. The van der Waals surface area contributed by atoms with Gasteiger partial charge in [-0.05, 0) is 30.2 Å². The van der Waals surface area contributed by atoms with Crippen molar-refractivity contribution in [3.05, 3.63) is 81.1 Å². The zero-order valence-corrected chi connectivity index (χ0v) is 19.5. The molecule has 11 heteroatoms. The van der Waals surface area contributed by atoms with Gasteiger partial charge in [-0.2, -0.15) is 0 Å². The number of hydrogen-bond donors (Lipinski definition) is 2. The third-order valence-electron chi connectivity index (χ3n) is 4.32. The van der Waals surface area contributed by atoms with Crippen LogP contribution >= 0.6 is 34.4 Å². The van der Waals surface area contributed by atoms with Crippen LogP contribution in [0.15, 0.2) is 52.9 Å². The first kappa shape index (κ1) is 22.3. The molecule has 0 radical (unpaired) electrons. The summed E-state index contributed by atoms with van der Waals surface area (Å²) in [7, 11) is 0. The summed E-state index contributed by atoms with van der Waals surface area (Å²) in [5.41, 5.74) is 3.17. The van der Waals surface area contributed by atoms with E-state index in [0.717, 1.165) is 20.5 Å². The molecule has 2 heterocycles. The van der Waals surface area contributed by atoms with Crippen LogP contribution in [0.1, 0.15) is 31.5 Å². The Morgan fingerprint density at radius 1 is 0.938 bits per heavy atom. The van der Waals surface area contributed by atoms with Gasteiger partial charge in [-0.25, -0.2) is 4.39 Å². The summed E-state index contributed by atoms with van der Waals surface area (Å²) in [5, 5.41) is 24.2. The fraction of sp³-hybridized carbons (Fsp3) is 0.190. The number of carbonyl (C=O) groups excluding carboxylic acids is 1. The van der Waals surface area contributed by atoms with Crippen LogP contribution in [0, 0.1) is 12.7 Å². The molecule has 1 amide bonds. The van der Waals surface area contributed by atoms with Gasteiger partial charge in [-0.15, -0.1) is 20.4 Å². The van der Waals surface area contributed by atoms with Crippen molar-refractivity contribution in [3.63, 3.8) is 0 Å². The second-order valence-electron chi connectivity index (χ2n) is 6.81. The molecule has 0 bridgehead atoms. The summed E-state index contributed by atoms with van der Waals surface area (Å²) >= 11 is 4.18. The molecule has 2 aromatic heterocycles. The highest BCUT2D eigenvalue weighted by molar-refractivity contribution is 8.00. The van der Waals surface area contributed by atoms with Crippen molar-refractivity contribution in [1.29, 1.82) is 0 Å². The number of aryl methyl sites for hydroxylation is 1. The van der Waals surface area contributed by atoms with Crippen molar-refractivity contribution in [3.8, 4) is 0 Å². The molecular formula is C21H19FN6OS3. The summed E-state index contributed by atoms with van der Waals surface area (Å²) in [6.07, 6.45) is 0. The fourth-order valence-electron chi connectivity index (χ4n) is 2.61. The second kappa shape index (κ2) is 10.6. The average molecular weight is 487 g/mol. The van der Waals surface area contributed by atoms with Crippen LogP contribution in [0.25, 0.3) is 0 Å². The molecule has 0 unspecified atom stereocenters. The van der Waals surface area contributed by atoms with Crippen LogP contribution in [0.5, 0.6) is 0 Å². The fourth-order valence-corrected chi connectivity index (χ4v) is 5.10. The SMILES string of the molecule is Cc1ccc(CNC(=O)c2nnc(CSc3nnc(NCc4ccc(F)cc4)s3)s2)cc1. The minimum Gasteiger partial charge on any atom is -0.356 e.